The molecule has 0 heterocycles. The Morgan fingerprint density at radius 2 is 1.78 bits per heavy atom. The lowest BCUT2D eigenvalue weighted by Crippen LogP contribution is -1.84. The van der Waals surface area contributed by atoms with E-state index in [9.17, 15) is 9.18 Å². The Balaban J connectivity index is 2.30. The lowest BCUT2D eigenvalue weighted by atomic mass is 10.2. The molecule has 0 aliphatic heterocycles. The number of carbonyl (C=O) groups is 1. The number of rotatable bonds is 3. The Morgan fingerprint density at radius 1 is 1.00 bits per heavy atom. The zero-order valence-corrected chi connectivity index (χ0v) is 11.3. The Hall–Kier alpha value is -1.03. The van der Waals surface area contributed by atoms with Gasteiger partial charge >= 0.3 is 0 Å². The zero-order valence-electron chi connectivity index (χ0n) is 8.99. The number of benzene rings is 2. The summed E-state index contributed by atoms with van der Waals surface area (Å²) in [7, 11) is 0. The molecule has 1 nitrogen and oxygen atoms in total. The Bertz CT molecular complexity index is 602. The number of carbonyl (C=O) groups excluding carboxylic acids is 1. The van der Waals surface area contributed by atoms with Gasteiger partial charge in [0.1, 0.15) is 12.1 Å². The van der Waals surface area contributed by atoms with E-state index in [-0.39, 0.29) is 0 Å². The molecule has 0 saturated heterocycles. The van der Waals surface area contributed by atoms with E-state index in [2.05, 4.69) is 0 Å². The van der Waals surface area contributed by atoms with Crippen LogP contribution in [0.3, 0.4) is 0 Å². The standard InChI is InChI=1S/C13H7Cl2FOS/c14-12-2-1-10(6-13(12)15)18-11-4-8(7-17)3-9(16)5-11/h1-7H. The highest BCUT2D eigenvalue weighted by molar-refractivity contribution is 7.99. The molecule has 18 heavy (non-hydrogen) atoms. The topological polar surface area (TPSA) is 17.1 Å². The molecule has 0 aliphatic carbocycles. The van der Waals surface area contributed by atoms with Gasteiger partial charge in [0.05, 0.1) is 10.0 Å². The van der Waals surface area contributed by atoms with Crippen molar-refractivity contribution >= 4 is 41.2 Å². The number of hydrogen-bond acceptors (Lipinski definition) is 2. The van der Waals surface area contributed by atoms with Crippen LogP contribution in [-0.4, -0.2) is 6.29 Å². The van der Waals surface area contributed by atoms with Crippen LogP contribution < -0.4 is 0 Å². The van der Waals surface area contributed by atoms with Gasteiger partial charge in [0.15, 0.2) is 0 Å². The summed E-state index contributed by atoms with van der Waals surface area (Å²) in [6.45, 7) is 0. The summed E-state index contributed by atoms with van der Waals surface area (Å²) in [4.78, 5) is 12.1. The average molecular weight is 301 g/mol. The largest absolute Gasteiger partial charge is 0.298 e. The van der Waals surface area contributed by atoms with Crippen molar-refractivity contribution in [2.75, 3.05) is 0 Å². The SMILES string of the molecule is O=Cc1cc(F)cc(Sc2ccc(Cl)c(Cl)c2)c1. The van der Waals surface area contributed by atoms with E-state index < -0.39 is 5.82 Å². The van der Waals surface area contributed by atoms with Gasteiger partial charge in [-0.2, -0.15) is 0 Å². The maximum atomic E-state index is 13.2. The minimum atomic E-state index is -0.442. The summed E-state index contributed by atoms with van der Waals surface area (Å²) in [6, 6.07) is 9.31. The third-order valence-corrected chi connectivity index (χ3v) is 3.86. The van der Waals surface area contributed by atoms with E-state index in [1.165, 1.54) is 23.9 Å². The first kappa shape index (κ1) is 13.4. The van der Waals surface area contributed by atoms with E-state index in [1.807, 2.05) is 0 Å². The van der Waals surface area contributed by atoms with Gasteiger partial charge in [0.25, 0.3) is 0 Å². The highest BCUT2D eigenvalue weighted by atomic mass is 35.5. The van der Waals surface area contributed by atoms with Crippen molar-refractivity contribution in [2.45, 2.75) is 9.79 Å². The second-order valence-electron chi connectivity index (χ2n) is 3.52. The molecule has 2 rings (SSSR count). The predicted molar refractivity (Wildman–Crippen MR) is 72.4 cm³/mol. The van der Waals surface area contributed by atoms with Crippen LogP contribution in [0.1, 0.15) is 10.4 Å². The van der Waals surface area contributed by atoms with E-state index in [0.717, 1.165) is 4.90 Å². The fourth-order valence-electron chi connectivity index (χ4n) is 1.39. The fourth-order valence-corrected chi connectivity index (χ4v) is 2.70. The molecule has 0 fully saturated rings. The van der Waals surface area contributed by atoms with Crippen LogP contribution in [0.4, 0.5) is 4.39 Å². The first-order chi connectivity index (χ1) is 8.58. The summed E-state index contributed by atoms with van der Waals surface area (Å²) >= 11 is 13.0. The normalized spacial score (nSPS) is 10.4. The smallest absolute Gasteiger partial charge is 0.150 e. The Labute approximate surface area is 118 Å². The van der Waals surface area contributed by atoms with E-state index in [0.29, 0.717) is 26.8 Å². The molecule has 0 atom stereocenters. The third kappa shape index (κ3) is 3.25. The summed E-state index contributed by atoms with van der Waals surface area (Å²) in [5, 5.41) is 0.905. The van der Waals surface area contributed by atoms with Crippen molar-refractivity contribution < 1.29 is 9.18 Å². The number of aldehydes is 1. The van der Waals surface area contributed by atoms with Gasteiger partial charge in [-0.25, -0.2) is 4.39 Å². The molecule has 0 unspecified atom stereocenters. The molecular formula is C13H7Cl2FOS. The molecule has 0 radical (unpaired) electrons. The molecule has 0 amide bonds. The molecule has 0 saturated carbocycles. The van der Waals surface area contributed by atoms with Crippen LogP contribution in [0, 0.1) is 5.82 Å². The van der Waals surface area contributed by atoms with Crippen molar-refractivity contribution in [3.8, 4) is 0 Å². The molecule has 0 bridgehead atoms. The van der Waals surface area contributed by atoms with Gasteiger partial charge < -0.3 is 0 Å². The molecule has 92 valence electrons. The van der Waals surface area contributed by atoms with Crippen LogP contribution in [0.25, 0.3) is 0 Å². The molecule has 0 aliphatic rings. The van der Waals surface area contributed by atoms with Crippen LogP contribution in [0.15, 0.2) is 46.2 Å². The van der Waals surface area contributed by atoms with Crippen LogP contribution in [-0.2, 0) is 0 Å². The molecule has 0 aromatic heterocycles. The van der Waals surface area contributed by atoms with Crippen molar-refractivity contribution in [3.63, 3.8) is 0 Å². The Kier molecular flexibility index (Phi) is 4.27. The molecule has 2 aromatic rings. The average Bonchev–Trinajstić information content (AvgIpc) is 2.33. The molecule has 0 spiro atoms. The molecule has 5 heteroatoms. The van der Waals surface area contributed by atoms with Crippen molar-refractivity contribution in [1.82, 2.24) is 0 Å². The molecular weight excluding hydrogens is 294 g/mol. The number of hydrogen-bond donors (Lipinski definition) is 0. The van der Waals surface area contributed by atoms with E-state index in [4.69, 9.17) is 23.2 Å². The van der Waals surface area contributed by atoms with Crippen LogP contribution in [0.2, 0.25) is 10.0 Å². The van der Waals surface area contributed by atoms with Crippen molar-refractivity contribution in [1.29, 1.82) is 0 Å². The summed E-state index contributed by atoms with van der Waals surface area (Å²) in [5.74, 6) is -0.442. The van der Waals surface area contributed by atoms with Gasteiger partial charge in [0.2, 0.25) is 0 Å². The van der Waals surface area contributed by atoms with Gasteiger partial charge in [-0.1, -0.05) is 35.0 Å². The van der Waals surface area contributed by atoms with E-state index in [1.54, 1.807) is 24.3 Å². The predicted octanol–water partition coefficient (Wildman–Crippen LogP) is 5.10. The second-order valence-corrected chi connectivity index (χ2v) is 5.48. The van der Waals surface area contributed by atoms with Crippen molar-refractivity contribution in [3.05, 3.63) is 57.8 Å². The van der Waals surface area contributed by atoms with Gasteiger partial charge in [-0.3, -0.25) is 4.79 Å². The summed E-state index contributed by atoms with van der Waals surface area (Å²) in [5.41, 5.74) is 0.303. The Morgan fingerprint density at radius 3 is 2.44 bits per heavy atom. The van der Waals surface area contributed by atoms with Gasteiger partial charge in [-0.15, -0.1) is 0 Å². The summed E-state index contributed by atoms with van der Waals surface area (Å²) < 4.78 is 13.2. The van der Waals surface area contributed by atoms with Crippen molar-refractivity contribution in [2.24, 2.45) is 0 Å². The first-order valence-corrected chi connectivity index (χ1v) is 6.54. The minimum Gasteiger partial charge on any atom is -0.298 e. The van der Waals surface area contributed by atoms with Crippen LogP contribution >= 0.6 is 35.0 Å². The lowest BCUT2D eigenvalue weighted by molar-refractivity contribution is 0.112. The second kappa shape index (κ2) is 5.74. The lowest BCUT2D eigenvalue weighted by Gasteiger charge is -2.04. The summed E-state index contributed by atoms with van der Waals surface area (Å²) in [6.07, 6.45) is 0.613. The number of halogens is 3. The van der Waals surface area contributed by atoms with Gasteiger partial charge in [0, 0.05) is 15.4 Å². The van der Waals surface area contributed by atoms with E-state index >= 15 is 0 Å². The highest BCUT2D eigenvalue weighted by Gasteiger charge is 2.04. The fraction of sp³-hybridized carbons (Fsp3) is 0. The minimum absolute atomic E-state index is 0.303. The molecule has 0 N–H and O–H groups in total. The first-order valence-electron chi connectivity index (χ1n) is 4.97. The van der Waals surface area contributed by atoms with Crippen LogP contribution in [0.5, 0.6) is 0 Å². The third-order valence-electron chi connectivity index (χ3n) is 2.16. The highest BCUT2D eigenvalue weighted by Crippen LogP contribution is 2.33. The zero-order chi connectivity index (χ0) is 13.1. The van der Waals surface area contributed by atoms with Gasteiger partial charge in [-0.05, 0) is 36.4 Å². The quantitative estimate of drug-likeness (QED) is 0.734. The molecule has 2 aromatic carbocycles. The maximum Gasteiger partial charge on any atom is 0.150 e. The maximum absolute atomic E-state index is 13.2. The monoisotopic (exact) mass is 300 g/mol.